The molecule has 0 radical (unpaired) electrons. The highest BCUT2D eigenvalue weighted by atomic mass is 35.5. The molecule has 16 heavy (non-hydrogen) atoms. The van der Waals surface area contributed by atoms with Crippen molar-refractivity contribution in [2.24, 2.45) is 5.92 Å². The highest BCUT2D eigenvalue weighted by molar-refractivity contribution is 6.30. The van der Waals surface area contributed by atoms with Crippen molar-refractivity contribution in [2.75, 3.05) is 13.2 Å². The molecule has 1 atom stereocenters. The van der Waals surface area contributed by atoms with Crippen LogP contribution in [0.25, 0.3) is 0 Å². The topological polar surface area (TPSA) is 32.3 Å². The summed E-state index contributed by atoms with van der Waals surface area (Å²) in [5.41, 5.74) is 1.24. The van der Waals surface area contributed by atoms with E-state index in [1.807, 2.05) is 24.3 Å². The molecule has 0 aliphatic rings. The van der Waals surface area contributed by atoms with E-state index in [1.54, 1.807) is 0 Å². The normalized spacial score (nSPS) is 12.7. The Labute approximate surface area is 103 Å². The van der Waals surface area contributed by atoms with E-state index in [-0.39, 0.29) is 6.61 Å². The molecule has 1 rings (SSSR count). The van der Waals surface area contributed by atoms with Gasteiger partial charge in [-0.25, -0.2) is 0 Å². The summed E-state index contributed by atoms with van der Waals surface area (Å²) in [6.45, 7) is 4.25. The van der Waals surface area contributed by atoms with Crippen LogP contribution in [0.2, 0.25) is 5.02 Å². The first kappa shape index (κ1) is 13.5. The van der Waals surface area contributed by atoms with E-state index in [1.165, 1.54) is 5.56 Å². The Bertz CT molecular complexity index is 286. The van der Waals surface area contributed by atoms with Gasteiger partial charge in [-0.05, 0) is 36.6 Å². The van der Waals surface area contributed by atoms with E-state index < -0.39 is 0 Å². The van der Waals surface area contributed by atoms with Crippen LogP contribution in [0, 0.1) is 5.92 Å². The lowest BCUT2D eigenvalue weighted by molar-refractivity contribution is 0.251. The quantitative estimate of drug-likeness (QED) is 0.770. The molecule has 2 nitrogen and oxygen atoms in total. The fraction of sp³-hybridized carbons (Fsp3) is 0.538. The number of aliphatic hydroxyl groups excluding tert-OH is 1. The summed E-state index contributed by atoms with van der Waals surface area (Å²) in [6, 6.07) is 7.87. The van der Waals surface area contributed by atoms with Gasteiger partial charge >= 0.3 is 0 Å². The van der Waals surface area contributed by atoms with Gasteiger partial charge in [0.1, 0.15) is 0 Å². The van der Waals surface area contributed by atoms with E-state index in [2.05, 4.69) is 12.2 Å². The van der Waals surface area contributed by atoms with Gasteiger partial charge in [0.25, 0.3) is 0 Å². The summed E-state index contributed by atoms with van der Waals surface area (Å²) >= 11 is 5.81. The predicted octanol–water partition coefficient (Wildman–Crippen LogP) is 2.84. The molecule has 1 aromatic rings. The van der Waals surface area contributed by atoms with Gasteiger partial charge in [0.15, 0.2) is 0 Å². The van der Waals surface area contributed by atoms with E-state index in [0.29, 0.717) is 5.92 Å². The average molecular weight is 242 g/mol. The smallest absolute Gasteiger partial charge is 0.0434 e. The van der Waals surface area contributed by atoms with Crippen LogP contribution < -0.4 is 5.32 Å². The molecule has 1 aromatic carbocycles. The Morgan fingerprint density at radius 3 is 2.56 bits per heavy atom. The third-order valence-electron chi connectivity index (χ3n) is 2.79. The molecule has 0 saturated carbocycles. The van der Waals surface area contributed by atoms with Crippen molar-refractivity contribution in [2.45, 2.75) is 26.3 Å². The third-order valence-corrected chi connectivity index (χ3v) is 3.04. The summed E-state index contributed by atoms with van der Waals surface area (Å²) < 4.78 is 0. The molecule has 0 spiro atoms. The van der Waals surface area contributed by atoms with Crippen molar-refractivity contribution >= 4 is 11.6 Å². The van der Waals surface area contributed by atoms with Gasteiger partial charge in [0, 0.05) is 18.2 Å². The maximum atomic E-state index is 8.87. The summed E-state index contributed by atoms with van der Waals surface area (Å²) in [6.07, 6.45) is 1.98. The van der Waals surface area contributed by atoms with Crippen molar-refractivity contribution in [3.8, 4) is 0 Å². The van der Waals surface area contributed by atoms with Gasteiger partial charge < -0.3 is 10.4 Å². The molecule has 2 N–H and O–H groups in total. The largest absolute Gasteiger partial charge is 0.396 e. The molecule has 3 heteroatoms. The minimum Gasteiger partial charge on any atom is -0.396 e. The number of aliphatic hydroxyl groups is 1. The molecule has 0 saturated heterocycles. The van der Waals surface area contributed by atoms with Crippen molar-refractivity contribution in [3.05, 3.63) is 34.9 Å². The first-order chi connectivity index (χ1) is 7.76. The number of hydrogen-bond acceptors (Lipinski definition) is 2. The fourth-order valence-electron chi connectivity index (χ4n) is 1.66. The molecule has 0 heterocycles. The van der Waals surface area contributed by atoms with Crippen LogP contribution in [0.4, 0.5) is 0 Å². The molecule has 0 bridgehead atoms. The van der Waals surface area contributed by atoms with Crippen LogP contribution in [0.15, 0.2) is 24.3 Å². The van der Waals surface area contributed by atoms with Crippen molar-refractivity contribution < 1.29 is 5.11 Å². The van der Waals surface area contributed by atoms with Crippen LogP contribution in [0.1, 0.15) is 25.3 Å². The zero-order valence-electron chi connectivity index (χ0n) is 9.75. The molecule has 1 unspecified atom stereocenters. The Balaban J connectivity index is 2.26. The Kier molecular flexibility index (Phi) is 6.46. The molecule has 0 aliphatic heterocycles. The van der Waals surface area contributed by atoms with Crippen molar-refractivity contribution in [1.82, 2.24) is 5.32 Å². The van der Waals surface area contributed by atoms with Gasteiger partial charge in [-0.3, -0.25) is 0 Å². The summed E-state index contributed by atoms with van der Waals surface area (Å²) in [5, 5.41) is 13.0. The van der Waals surface area contributed by atoms with E-state index >= 15 is 0 Å². The van der Waals surface area contributed by atoms with Crippen LogP contribution in [0.5, 0.6) is 0 Å². The fourth-order valence-corrected chi connectivity index (χ4v) is 1.78. The molecular weight excluding hydrogens is 222 g/mol. The van der Waals surface area contributed by atoms with E-state index in [9.17, 15) is 0 Å². The minimum absolute atomic E-state index is 0.279. The number of benzene rings is 1. The lowest BCUT2D eigenvalue weighted by Crippen LogP contribution is -2.22. The zero-order valence-corrected chi connectivity index (χ0v) is 10.5. The van der Waals surface area contributed by atoms with Gasteiger partial charge in [-0.15, -0.1) is 0 Å². The molecular formula is C13H20ClNO. The first-order valence-corrected chi connectivity index (χ1v) is 6.20. The van der Waals surface area contributed by atoms with Crippen LogP contribution in [0.3, 0.4) is 0 Å². The summed E-state index contributed by atoms with van der Waals surface area (Å²) in [5.74, 6) is 0.567. The predicted molar refractivity (Wildman–Crippen MR) is 68.6 cm³/mol. The highest BCUT2D eigenvalue weighted by Crippen LogP contribution is 2.10. The Morgan fingerprint density at radius 1 is 1.31 bits per heavy atom. The maximum absolute atomic E-state index is 8.87. The molecule has 0 amide bonds. The second-order valence-corrected chi connectivity index (χ2v) is 4.48. The summed E-state index contributed by atoms with van der Waals surface area (Å²) in [7, 11) is 0. The van der Waals surface area contributed by atoms with E-state index in [0.717, 1.165) is 31.0 Å². The zero-order chi connectivity index (χ0) is 11.8. The minimum atomic E-state index is 0.279. The number of nitrogens with one attached hydrogen (secondary N) is 1. The second-order valence-electron chi connectivity index (χ2n) is 4.04. The number of rotatable bonds is 7. The monoisotopic (exact) mass is 241 g/mol. The van der Waals surface area contributed by atoms with Crippen LogP contribution in [-0.2, 0) is 6.54 Å². The third kappa shape index (κ3) is 4.97. The molecule has 0 aliphatic carbocycles. The van der Waals surface area contributed by atoms with Gasteiger partial charge in [-0.1, -0.05) is 37.1 Å². The average Bonchev–Trinajstić information content (AvgIpc) is 2.30. The highest BCUT2D eigenvalue weighted by Gasteiger charge is 2.04. The number of halogens is 1. The summed E-state index contributed by atoms with van der Waals surface area (Å²) in [4.78, 5) is 0. The van der Waals surface area contributed by atoms with Gasteiger partial charge in [0.05, 0.1) is 0 Å². The SMILES string of the molecule is CCC(CCO)CNCc1ccc(Cl)cc1. The first-order valence-electron chi connectivity index (χ1n) is 5.82. The maximum Gasteiger partial charge on any atom is 0.0434 e. The van der Waals surface area contributed by atoms with Crippen LogP contribution in [-0.4, -0.2) is 18.3 Å². The van der Waals surface area contributed by atoms with E-state index in [4.69, 9.17) is 16.7 Å². The van der Waals surface area contributed by atoms with Crippen molar-refractivity contribution in [1.29, 1.82) is 0 Å². The Morgan fingerprint density at radius 2 is 2.00 bits per heavy atom. The van der Waals surface area contributed by atoms with Crippen LogP contribution >= 0.6 is 11.6 Å². The number of hydrogen-bond donors (Lipinski definition) is 2. The van der Waals surface area contributed by atoms with Gasteiger partial charge in [0.2, 0.25) is 0 Å². The van der Waals surface area contributed by atoms with Gasteiger partial charge in [-0.2, -0.15) is 0 Å². The second kappa shape index (κ2) is 7.66. The van der Waals surface area contributed by atoms with Crippen molar-refractivity contribution in [3.63, 3.8) is 0 Å². The molecule has 0 fully saturated rings. The molecule has 90 valence electrons. The molecule has 0 aromatic heterocycles. The Hall–Kier alpha value is -0.570. The lowest BCUT2D eigenvalue weighted by Gasteiger charge is -2.14. The lowest BCUT2D eigenvalue weighted by atomic mass is 10.0. The standard InChI is InChI=1S/C13H20ClNO/c1-2-11(7-8-16)9-15-10-12-3-5-13(14)6-4-12/h3-6,11,15-16H,2,7-10H2,1H3.